The number of ether oxygens (including phenoxy) is 1. The van der Waals surface area contributed by atoms with Crippen molar-refractivity contribution >= 4 is 22.0 Å². The third kappa shape index (κ3) is 6.85. The van der Waals surface area contributed by atoms with Gasteiger partial charge < -0.3 is 10.1 Å². The highest BCUT2D eigenvalue weighted by molar-refractivity contribution is 7.89. The van der Waals surface area contributed by atoms with Crippen molar-refractivity contribution in [2.45, 2.75) is 63.8 Å². The number of benzene rings is 1. The zero-order chi connectivity index (χ0) is 21.4. The number of nitrogens with one attached hydrogen (secondary N) is 1. The smallest absolute Gasteiger partial charge is 0.246 e. The number of nitrogens with zero attached hydrogens (tertiary/aromatic N) is 1. The number of amides is 1. The van der Waals surface area contributed by atoms with E-state index in [0.717, 1.165) is 32.1 Å². The van der Waals surface area contributed by atoms with Crippen molar-refractivity contribution in [3.05, 3.63) is 29.8 Å². The summed E-state index contributed by atoms with van der Waals surface area (Å²) in [6.45, 7) is 7.37. The minimum absolute atomic E-state index is 0.0976. The van der Waals surface area contributed by atoms with Crippen molar-refractivity contribution in [3.63, 3.8) is 0 Å². The van der Waals surface area contributed by atoms with Gasteiger partial charge in [0.2, 0.25) is 15.9 Å². The predicted octanol–water partition coefficient (Wildman–Crippen LogP) is 3.82. The molecule has 1 aliphatic rings. The van der Waals surface area contributed by atoms with Gasteiger partial charge in [0, 0.05) is 25.2 Å². The van der Waals surface area contributed by atoms with E-state index in [1.54, 1.807) is 24.3 Å². The fourth-order valence-electron chi connectivity index (χ4n) is 3.36. The summed E-state index contributed by atoms with van der Waals surface area (Å²) in [5.41, 5.74) is 0.645. The molecule has 162 valence electrons. The Morgan fingerprint density at radius 2 is 1.86 bits per heavy atom. The lowest BCUT2D eigenvalue weighted by Gasteiger charge is -2.26. The number of sulfonamides is 1. The van der Waals surface area contributed by atoms with E-state index < -0.39 is 10.0 Å². The molecule has 1 saturated heterocycles. The Labute approximate surface area is 175 Å². The molecule has 1 atom stereocenters. The molecule has 29 heavy (non-hydrogen) atoms. The lowest BCUT2D eigenvalue weighted by Crippen LogP contribution is -2.35. The van der Waals surface area contributed by atoms with Gasteiger partial charge in [-0.1, -0.05) is 26.3 Å². The van der Waals surface area contributed by atoms with Crippen LogP contribution in [0.25, 0.3) is 6.08 Å². The lowest BCUT2D eigenvalue weighted by molar-refractivity contribution is -0.117. The number of rotatable bonds is 9. The van der Waals surface area contributed by atoms with E-state index in [9.17, 15) is 13.2 Å². The highest BCUT2D eigenvalue weighted by atomic mass is 32.2. The molecule has 0 aromatic heterocycles. The summed E-state index contributed by atoms with van der Waals surface area (Å²) >= 11 is 0. The predicted molar refractivity (Wildman–Crippen MR) is 116 cm³/mol. The standard InChI is InChI=1S/C22H34N2O4S/c1-17(2)8-9-18(3)23-22(25)13-11-19-10-12-20(28-4)21(16-19)29(26,27)24-14-6-5-7-15-24/h10-13,16-18H,5-9,14-15H2,1-4H3,(H,23,25)/b13-11+. The summed E-state index contributed by atoms with van der Waals surface area (Å²) < 4.78 is 33.0. The first-order valence-corrected chi connectivity index (χ1v) is 11.8. The van der Waals surface area contributed by atoms with Gasteiger partial charge >= 0.3 is 0 Å². The summed E-state index contributed by atoms with van der Waals surface area (Å²) in [6.07, 6.45) is 7.87. The molecule has 1 aromatic rings. The maximum absolute atomic E-state index is 13.1. The molecule has 1 amide bonds. The fraction of sp³-hybridized carbons (Fsp3) is 0.591. The van der Waals surface area contributed by atoms with E-state index >= 15 is 0 Å². The summed E-state index contributed by atoms with van der Waals surface area (Å²) in [7, 11) is -2.16. The molecular formula is C22H34N2O4S. The molecule has 0 spiro atoms. The van der Waals surface area contributed by atoms with Crippen LogP contribution in [-0.2, 0) is 14.8 Å². The SMILES string of the molecule is COc1ccc(/C=C/C(=O)NC(C)CCC(C)C)cc1S(=O)(=O)N1CCCCC1. The van der Waals surface area contributed by atoms with Gasteiger partial charge in [-0.15, -0.1) is 0 Å². The second kappa shape index (κ2) is 10.8. The van der Waals surface area contributed by atoms with Crippen LogP contribution in [0.2, 0.25) is 0 Å². The minimum Gasteiger partial charge on any atom is -0.495 e. The lowest BCUT2D eigenvalue weighted by atomic mass is 10.0. The Kier molecular flexibility index (Phi) is 8.71. The van der Waals surface area contributed by atoms with Gasteiger partial charge in [0.1, 0.15) is 10.6 Å². The second-order valence-corrected chi connectivity index (χ2v) is 10.00. The highest BCUT2D eigenvalue weighted by Gasteiger charge is 2.29. The van der Waals surface area contributed by atoms with Gasteiger partial charge in [-0.05, 0) is 62.3 Å². The maximum Gasteiger partial charge on any atom is 0.246 e. The average molecular weight is 423 g/mol. The molecule has 1 aliphatic heterocycles. The van der Waals surface area contributed by atoms with Crippen molar-refractivity contribution in [1.82, 2.24) is 9.62 Å². The van der Waals surface area contributed by atoms with Gasteiger partial charge in [-0.25, -0.2) is 8.42 Å². The Balaban J connectivity index is 2.13. The molecule has 0 bridgehead atoms. The number of carbonyl (C=O) groups excluding carboxylic acids is 1. The quantitative estimate of drug-likeness (QED) is 0.614. The van der Waals surface area contributed by atoms with Gasteiger partial charge in [0.05, 0.1) is 7.11 Å². The Morgan fingerprint density at radius 3 is 2.48 bits per heavy atom. The molecular weight excluding hydrogens is 388 g/mol. The first kappa shape index (κ1) is 23.4. The van der Waals surface area contributed by atoms with Gasteiger partial charge in [-0.2, -0.15) is 4.31 Å². The zero-order valence-corrected chi connectivity index (χ0v) is 18.8. The van der Waals surface area contributed by atoms with E-state index in [-0.39, 0.29) is 16.8 Å². The number of hydrogen-bond donors (Lipinski definition) is 1. The fourth-order valence-corrected chi connectivity index (χ4v) is 5.07. The van der Waals surface area contributed by atoms with E-state index in [1.165, 1.54) is 17.5 Å². The van der Waals surface area contributed by atoms with Crippen molar-refractivity contribution in [3.8, 4) is 5.75 Å². The number of piperidine rings is 1. The largest absolute Gasteiger partial charge is 0.495 e. The second-order valence-electron chi connectivity index (χ2n) is 8.09. The summed E-state index contributed by atoms with van der Waals surface area (Å²) in [4.78, 5) is 12.3. The average Bonchev–Trinajstić information content (AvgIpc) is 2.71. The third-order valence-corrected chi connectivity index (χ3v) is 7.03. The van der Waals surface area contributed by atoms with Crippen molar-refractivity contribution < 1.29 is 17.9 Å². The zero-order valence-electron chi connectivity index (χ0n) is 18.0. The first-order valence-electron chi connectivity index (χ1n) is 10.4. The highest BCUT2D eigenvalue weighted by Crippen LogP contribution is 2.30. The normalized spacial score (nSPS) is 16.9. The molecule has 1 N–H and O–H groups in total. The van der Waals surface area contributed by atoms with Crippen LogP contribution in [0.3, 0.4) is 0 Å². The Morgan fingerprint density at radius 1 is 1.17 bits per heavy atom. The van der Waals surface area contributed by atoms with Crippen LogP contribution in [0.1, 0.15) is 58.4 Å². The first-order chi connectivity index (χ1) is 13.7. The molecule has 6 nitrogen and oxygen atoms in total. The number of hydrogen-bond acceptors (Lipinski definition) is 4. The molecule has 1 heterocycles. The summed E-state index contributed by atoms with van der Waals surface area (Å²) in [5, 5.41) is 2.95. The van der Waals surface area contributed by atoms with Crippen LogP contribution in [0, 0.1) is 5.92 Å². The topological polar surface area (TPSA) is 75.7 Å². The van der Waals surface area contributed by atoms with E-state index in [2.05, 4.69) is 19.2 Å². The van der Waals surface area contributed by atoms with Crippen LogP contribution >= 0.6 is 0 Å². The van der Waals surface area contributed by atoms with Crippen LogP contribution in [-0.4, -0.2) is 44.9 Å². The molecule has 7 heteroatoms. The summed E-state index contributed by atoms with van der Waals surface area (Å²) in [6, 6.07) is 5.06. The number of carbonyl (C=O) groups is 1. The molecule has 1 fully saturated rings. The van der Waals surface area contributed by atoms with Gasteiger partial charge in [-0.3, -0.25) is 4.79 Å². The van der Waals surface area contributed by atoms with Crippen LogP contribution in [0.15, 0.2) is 29.2 Å². The molecule has 0 radical (unpaired) electrons. The molecule has 1 aromatic carbocycles. The van der Waals surface area contributed by atoms with Crippen LogP contribution in [0.5, 0.6) is 5.75 Å². The van der Waals surface area contributed by atoms with Crippen molar-refractivity contribution in [2.24, 2.45) is 5.92 Å². The van der Waals surface area contributed by atoms with E-state index in [1.807, 2.05) is 6.92 Å². The van der Waals surface area contributed by atoms with Crippen LogP contribution < -0.4 is 10.1 Å². The van der Waals surface area contributed by atoms with E-state index in [4.69, 9.17) is 4.74 Å². The van der Waals surface area contributed by atoms with Crippen molar-refractivity contribution in [1.29, 1.82) is 0 Å². The number of methoxy groups -OCH3 is 1. The van der Waals surface area contributed by atoms with Gasteiger partial charge in [0.15, 0.2) is 0 Å². The minimum atomic E-state index is -3.63. The Bertz CT molecular complexity index is 812. The van der Waals surface area contributed by atoms with E-state index in [0.29, 0.717) is 30.3 Å². The summed E-state index contributed by atoms with van der Waals surface area (Å²) in [5.74, 6) is 0.737. The van der Waals surface area contributed by atoms with Crippen molar-refractivity contribution in [2.75, 3.05) is 20.2 Å². The monoisotopic (exact) mass is 422 g/mol. The Hall–Kier alpha value is -1.86. The molecule has 1 unspecified atom stereocenters. The van der Waals surface area contributed by atoms with Gasteiger partial charge in [0.25, 0.3) is 0 Å². The third-order valence-electron chi connectivity index (χ3n) is 5.11. The molecule has 0 aliphatic carbocycles. The molecule has 0 saturated carbocycles. The maximum atomic E-state index is 13.1. The molecule has 2 rings (SSSR count). The van der Waals surface area contributed by atoms with Crippen LogP contribution in [0.4, 0.5) is 0 Å².